The predicted molar refractivity (Wildman–Crippen MR) is 81.2 cm³/mol. The molecular weight excluding hydrogens is 268 g/mol. The lowest BCUT2D eigenvalue weighted by molar-refractivity contribution is -0.137. The molecule has 1 unspecified atom stereocenters. The summed E-state index contributed by atoms with van der Waals surface area (Å²) >= 11 is 0. The van der Waals surface area contributed by atoms with Crippen molar-refractivity contribution in [3.8, 4) is 0 Å². The highest BCUT2D eigenvalue weighted by molar-refractivity contribution is 5.95. The Morgan fingerprint density at radius 1 is 1.33 bits per heavy atom. The Morgan fingerprint density at radius 2 is 2.05 bits per heavy atom. The van der Waals surface area contributed by atoms with E-state index in [1.54, 1.807) is 0 Å². The molecule has 1 atom stereocenters. The van der Waals surface area contributed by atoms with Crippen LogP contribution in [0.3, 0.4) is 0 Å². The first-order valence-electron chi connectivity index (χ1n) is 7.32. The van der Waals surface area contributed by atoms with Crippen LogP contribution in [0.2, 0.25) is 0 Å². The molecule has 1 heterocycles. The van der Waals surface area contributed by atoms with Crippen LogP contribution in [0.4, 0.5) is 5.69 Å². The number of aliphatic carboxylic acids is 1. The number of benzene rings is 1. The van der Waals surface area contributed by atoms with Gasteiger partial charge in [-0.1, -0.05) is 12.1 Å². The van der Waals surface area contributed by atoms with E-state index in [0.29, 0.717) is 13.0 Å². The fourth-order valence-corrected chi connectivity index (χ4v) is 2.54. The molecule has 21 heavy (non-hydrogen) atoms. The van der Waals surface area contributed by atoms with E-state index < -0.39 is 5.97 Å². The van der Waals surface area contributed by atoms with Crippen molar-refractivity contribution in [3.63, 3.8) is 0 Å². The average Bonchev–Trinajstić information content (AvgIpc) is 2.47. The number of carbonyl (C=O) groups is 2. The molecule has 1 fully saturated rings. The Labute approximate surface area is 124 Å². The van der Waals surface area contributed by atoms with Gasteiger partial charge in [0.25, 0.3) is 0 Å². The summed E-state index contributed by atoms with van der Waals surface area (Å²) in [5, 5.41) is 14.9. The Balaban J connectivity index is 1.93. The second-order valence-electron chi connectivity index (χ2n) is 5.89. The van der Waals surface area contributed by atoms with Crippen molar-refractivity contribution in [2.45, 2.75) is 32.6 Å². The highest BCUT2D eigenvalue weighted by atomic mass is 16.4. The van der Waals surface area contributed by atoms with Crippen molar-refractivity contribution in [1.82, 2.24) is 5.32 Å². The van der Waals surface area contributed by atoms with Crippen molar-refractivity contribution in [1.29, 1.82) is 0 Å². The summed E-state index contributed by atoms with van der Waals surface area (Å²) in [5.74, 6) is -0.766. The zero-order valence-corrected chi connectivity index (χ0v) is 12.3. The largest absolute Gasteiger partial charge is 0.481 e. The summed E-state index contributed by atoms with van der Waals surface area (Å²) in [6.45, 7) is 3.66. The van der Waals surface area contributed by atoms with E-state index in [1.807, 2.05) is 31.2 Å². The molecule has 1 amide bonds. The molecule has 5 heteroatoms. The van der Waals surface area contributed by atoms with E-state index in [4.69, 9.17) is 5.11 Å². The zero-order valence-electron chi connectivity index (χ0n) is 12.3. The van der Waals surface area contributed by atoms with E-state index in [1.165, 1.54) is 0 Å². The minimum Gasteiger partial charge on any atom is -0.481 e. The molecular formula is C16H22N2O3. The maximum atomic E-state index is 12.4. The van der Waals surface area contributed by atoms with Crippen LogP contribution < -0.4 is 10.6 Å². The number of carbonyl (C=O) groups excluding carboxylic acids is 1. The molecule has 5 nitrogen and oxygen atoms in total. The first-order valence-corrected chi connectivity index (χ1v) is 7.32. The minimum atomic E-state index is -0.801. The summed E-state index contributed by atoms with van der Waals surface area (Å²) in [7, 11) is 0. The Bertz CT molecular complexity index is 505. The van der Waals surface area contributed by atoms with Gasteiger partial charge in [0.1, 0.15) is 0 Å². The fraction of sp³-hybridized carbons (Fsp3) is 0.500. The number of carboxylic acid groups (broad SMARTS) is 1. The highest BCUT2D eigenvalue weighted by Gasteiger charge is 2.34. The molecule has 0 radical (unpaired) electrons. The lowest BCUT2D eigenvalue weighted by atomic mass is 9.82. The summed E-state index contributed by atoms with van der Waals surface area (Å²) in [6, 6.07) is 7.38. The van der Waals surface area contributed by atoms with Crippen LogP contribution in [0.5, 0.6) is 0 Å². The third-order valence-electron chi connectivity index (χ3n) is 3.98. The number of carboxylic acids is 1. The van der Waals surface area contributed by atoms with Gasteiger partial charge in [-0.25, -0.2) is 0 Å². The van der Waals surface area contributed by atoms with Gasteiger partial charge in [-0.3, -0.25) is 9.59 Å². The van der Waals surface area contributed by atoms with Crippen LogP contribution in [0.15, 0.2) is 24.3 Å². The molecule has 1 aliphatic rings. The molecule has 2 rings (SSSR count). The average molecular weight is 290 g/mol. The molecule has 0 aliphatic carbocycles. The van der Waals surface area contributed by atoms with Crippen molar-refractivity contribution in [2.24, 2.45) is 5.41 Å². The first kappa shape index (κ1) is 15.5. The van der Waals surface area contributed by atoms with Gasteiger partial charge >= 0.3 is 5.97 Å². The van der Waals surface area contributed by atoms with E-state index in [-0.39, 0.29) is 17.7 Å². The standard InChI is InChI=1S/C16H22N2O3/c1-16(9-2-10-17-11-16)15(21)18-13-6-3-12(4-7-13)5-8-14(19)20/h3-4,6-7,17H,2,5,8-11H2,1H3,(H,18,21)(H,19,20). The Morgan fingerprint density at radius 3 is 2.62 bits per heavy atom. The van der Waals surface area contributed by atoms with E-state index in [0.717, 1.165) is 30.6 Å². The Kier molecular flexibility index (Phi) is 4.96. The van der Waals surface area contributed by atoms with Gasteiger partial charge < -0.3 is 15.7 Å². The minimum absolute atomic E-state index is 0.0352. The zero-order chi connectivity index (χ0) is 15.3. The van der Waals surface area contributed by atoms with Crippen LogP contribution in [0, 0.1) is 5.41 Å². The molecule has 1 aliphatic heterocycles. The number of amides is 1. The topological polar surface area (TPSA) is 78.4 Å². The summed E-state index contributed by atoms with van der Waals surface area (Å²) < 4.78 is 0. The van der Waals surface area contributed by atoms with Crippen LogP contribution >= 0.6 is 0 Å². The van der Waals surface area contributed by atoms with Crippen LogP contribution in [0.25, 0.3) is 0 Å². The number of hydrogen-bond acceptors (Lipinski definition) is 3. The SMILES string of the molecule is CC1(C(=O)Nc2ccc(CCC(=O)O)cc2)CCCNC1. The van der Waals surface area contributed by atoms with E-state index >= 15 is 0 Å². The van der Waals surface area contributed by atoms with E-state index in [9.17, 15) is 9.59 Å². The highest BCUT2D eigenvalue weighted by Crippen LogP contribution is 2.27. The molecule has 0 saturated carbocycles. The van der Waals surface area contributed by atoms with Gasteiger partial charge in [0.2, 0.25) is 5.91 Å². The Hall–Kier alpha value is -1.88. The van der Waals surface area contributed by atoms with Gasteiger partial charge in [0.15, 0.2) is 0 Å². The molecule has 1 aromatic carbocycles. The van der Waals surface area contributed by atoms with Gasteiger partial charge in [0.05, 0.1) is 5.41 Å². The lowest BCUT2D eigenvalue weighted by Crippen LogP contribution is -2.46. The van der Waals surface area contributed by atoms with Gasteiger partial charge in [-0.05, 0) is 50.4 Å². The molecule has 1 aromatic rings. The second kappa shape index (κ2) is 6.72. The number of piperidine rings is 1. The molecule has 0 spiro atoms. The number of nitrogens with one attached hydrogen (secondary N) is 2. The third kappa shape index (κ3) is 4.29. The van der Waals surface area contributed by atoms with Gasteiger partial charge in [-0.15, -0.1) is 0 Å². The van der Waals surface area contributed by atoms with Crippen molar-refractivity contribution < 1.29 is 14.7 Å². The number of aryl methyl sites for hydroxylation is 1. The van der Waals surface area contributed by atoms with Crippen LogP contribution in [-0.2, 0) is 16.0 Å². The molecule has 114 valence electrons. The maximum Gasteiger partial charge on any atom is 0.303 e. The predicted octanol–water partition coefficient (Wildman–Crippen LogP) is 2.03. The molecule has 0 aromatic heterocycles. The quantitative estimate of drug-likeness (QED) is 0.775. The van der Waals surface area contributed by atoms with Crippen LogP contribution in [0.1, 0.15) is 31.7 Å². The first-order chi connectivity index (χ1) is 9.99. The van der Waals surface area contributed by atoms with Crippen molar-refractivity contribution in [3.05, 3.63) is 29.8 Å². The van der Waals surface area contributed by atoms with Gasteiger partial charge in [-0.2, -0.15) is 0 Å². The number of hydrogen-bond donors (Lipinski definition) is 3. The number of rotatable bonds is 5. The summed E-state index contributed by atoms with van der Waals surface area (Å²) in [5.41, 5.74) is 1.35. The smallest absolute Gasteiger partial charge is 0.303 e. The summed E-state index contributed by atoms with van der Waals surface area (Å²) in [4.78, 5) is 22.9. The fourth-order valence-electron chi connectivity index (χ4n) is 2.54. The normalized spacial score (nSPS) is 21.8. The van der Waals surface area contributed by atoms with Crippen molar-refractivity contribution >= 4 is 17.6 Å². The number of anilines is 1. The van der Waals surface area contributed by atoms with Crippen molar-refractivity contribution in [2.75, 3.05) is 18.4 Å². The molecule has 1 saturated heterocycles. The van der Waals surface area contributed by atoms with E-state index in [2.05, 4.69) is 10.6 Å². The maximum absolute atomic E-state index is 12.4. The monoisotopic (exact) mass is 290 g/mol. The molecule has 3 N–H and O–H groups in total. The second-order valence-corrected chi connectivity index (χ2v) is 5.89. The van der Waals surface area contributed by atoms with Gasteiger partial charge in [0, 0.05) is 18.7 Å². The lowest BCUT2D eigenvalue weighted by Gasteiger charge is -2.32. The third-order valence-corrected chi connectivity index (χ3v) is 3.98. The van der Waals surface area contributed by atoms with Crippen LogP contribution in [-0.4, -0.2) is 30.1 Å². The molecule has 0 bridgehead atoms. The summed E-state index contributed by atoms with van der Waals surface area (Å²) in [6.07, 6.45) is 2.53.